The first-order valence-corrected chi connectivity index (χ1v) is 8.53. The predicted octanol–water partition coefficient (Wildman–Crippen LogP) is 2.53. The third-order valence-electron chi connectivity index (χ3n) is 3.96. The number of aliphatic imine (C=N–C) groups is 1. The normalized spacial score (nSPS) is 18.5. The van der Waals surface area contributed by atoms with Gasteiger partial charge in [-0.1, -0.05) is 31.2 Å². The van der Waals surface area contributed by atoms with Crippen molar-refractivity contribution in [2.45, 2.75) is 45.6 Å². The van der Waals surface area contributed by atoms with Crippen LogP contribution in [0.15, 0.2) is 29.3 Å². The van der Waals surface area contributed by atoms with Gasteiger partial charge in [0.25, 0.3) is 0 Å². The topological polar surface area (TPSA) is 45.7 Å². The van der Waals surface area contributed by atoms with E-state index in [0.717, 1.165) is 57.9 Å². The van der Waals surface area contributed by atoms with Gasteiger partial charge in [0.1, 0.15) is 0 Å². The van der Waals surface area contributed by atoms with E-state index in [4.69, 9.17) is 4.74 Å². The van der Waals surface area contributed by atoms with Crippen LogP contribution in [0.3, 0.4) is 0 Å². The first-order valence-electron chi connectivity index (χ1n) is 8.53. The molecule has 1 fully saturated rings. The van der Waals surface area contributed by atoms with E-state index in [0.29, 0.717) is 6.10 Å². The molecule has 1 unspecified atom stereocenters. The molecule has 0 amide bonds. The number of ether oxygens (including phenoxy) is 1. The summed E-state index contributed by atoms with van der Waals surface area (Å²) in [6, 6.07) is 8.87. The first-order chi connectivity index (χ1) is 10.8. The van der Waals surface area contributed by atoms with E-state index in [-0.39, 0.29) is 0 Å². The molecule has 0 spiro atoms. The third-order valence-corrected chi connectivity index (χ3v) is 3.96. The summed E-state index contributed by atoms with van der Waals surface area (Å²) < 4.78 is 5.61. The fourth-order valence-corrected chi connectivity index (χ4v) is 2.59. The van der Waals surface area contributed by atoms with Gasteiger partial charge < -0.3 is 15.4 Å². The summed E-state index contributed by atoms with van der Waals surface area (Å²) in [6.45, 7) is 7.68. The Morgan fingerprint density at radius 2 is 1.95 bits per heavy atom. The van der Waals surface area contributed by atoms with E-state index >= 15 is 0 Å². The number of benzene rings is 1. The third kappa shape index (κ3) is 5.68. The molecule has 1 heterocycles. The van der Waals surface area contributed by atoms with E-state index in [9.17, 15) is 0 Å². The van der Waals surface area contributed by atoms with Gasteiger partial charge in [-0.05, 0) is 43.7 Å². The van der Waals surface area contributed by atoms with Crippen molar-refractivity contribution in [1.82, 2.24) is 10.6 Å². The molecule has 1 aromatic carbocycles. The Kier molecular flexibility index (Phi) is 7.23. The molecule has 1 saturated heterocycles. The zero-order chi connectivity index (χ0) is 15.6. The Balaban J connectivity index is 1.76. The molecule has 4 nitrogen and oxygen atoms in total. The van der Waals surface area contributed by atoms with E-state index in [1.807, 2.05) is 0 Å². The number of rotatable bonds is 7. The lowest BCUT2D eigenvalue weighted by atomic mass is 10.1. The summed E-state index contributed by atoms with van der Waals surface area (Å²) >= 11 is 0. The second kappa shape index (κ2) is 9.46. The van der Waals surface area contributed by atoms with Crippen molar-refractivity contribution in [1.29, 1.82) is 0 Å². The van der Waals surface area contributed by atoms with Crippen molar-refractivity contribution in [2.24, 2.45) is 4.99 Å². The molecule has 0 saturated carbocycles. The minimum absolute atomic E-state index is 0.303. The SMILES string of the molecule is CCNC(=NCC1CCCO1)NCCc1ccc(CC)cc1. The van der Waals surface area contributed by atoms with Crippen LogP contribution in [0.25, 0.3) is 0 Å². The average molecular weight is 303 g/mol. The summed E-state index contributed by atoms with van der Waals surface area (Å²) in [6.07, 6.45) is 4.70. The Morgan fingerprint density at radius 1 is 1.18 bits per heavy atom. The molecule has 4 heteroatoms. The molecule has 0 aromatic heterocycles. The lowest BCUT2D eigenvalue weighted by molar-refractivity contribution is 0.117. The molecule has 2 rings (SSSR count). The maximum atomic E-state index is 5.61. The largest absolute Gasteiger partial charge is 0.376 e. The zero-order valence-corrected chi connectivity index (χ0v) is 13.9. The standard InChI is InChI=1S/C18H29N3O/c1-3-15-7-9-16(10-8-15)11-12-20-18(19-4-2)21-14-17-6-5-13-22-17/h7-10,17H,3-6,11-14H2,1-2H3,(H2,19,20,21). The first kappa shape index (κ1) is 16.8. The highest BCUT2D eigenvalue weighted by Gasteiger charge is 2.14. The Bertz CT molecular complexity index is 450. The van der Waals surface area contributed by atoms with Crippen molar-refractivity contribution in [2.75, 3.05) is 26.2 Å². The lowest BCUT2D eigenvalue weighted by Crippen LogP contribution is -2.38. The Morgan fingerprint density at radius 3 is 2.59 bits per heavy atom. The summed E-state index contributed by atoms with van der Waals surface area (Å²) in [7, 11) is 0. The van der Waals surface area contributed by atoms with Crippen LogP contribution in [0.1, 0.15) is 37.8 Å². The van der Waals surface area contributed by atoms with Crippen LogP contribution in [0.5, 0.6) is 0 Å². The van der Waals surface area contributed by atoms with E-state index < -0.39 is 0 Å². The molecule has 0 aliphatic carbocycles. The van der Waals surface area contributed by atoms with Gasteiger partial charge in [0.05, 0.1) is 12.6 Å². The molecule has 1 aliphatic rings. The smallest absolute Gasteiger partial charge is 0.191 e. The average Bonchev–Trinajstić information content (AvgIpc) is 3.06. The minimum Gasteiger partial charge on any atom is -0.376 e. The molecule has 1 atom stereocenters. The Labute approximate surface area is 134 Å². The van der Waals surface area contributed by atoms with Gasteiger partial charge in [0.2, 0.25) is 0 Å². The highest BCUT2D eigenvalue weighted by atomic mass is 16.5. The zero-order valence-electron chi connectivity index (χ0n) is 13.9. The van der Waals surface area contributed by atoms with Crippen LogP contribution in [0, 0.1) is 0 Å². The molecule has 1 aliphatic heterocycles. The molecule has 0 radical (unpaired) electrons. The maximum absolute atomic E-state index is 5.61. The number of nitrogens with zero attached hydrogens (tertiary/aromatic N) is 1. The summed E-state index contributed by atoms with van der Waals surface area (Å²) in [5.41, 5.74) is 2.75. The second-order valence-corrected chi connectivity index (χ2v) is 5.70. The predicted molar refractivity (Wildman–Crippen MR) is 92.5 cm³/mol. The van der Waals surface area contributed by atoms with E-state index in [1.165, 1.54) is 11.1 Å². The fraction of sp³-hybridized carbons (Fsp3) is 0.611. The van der Waals surface area contributed by atoms with Gasteiger partial charge in [-0.3, -0.25) is 4.99 Å². The number of hydrogen-bond acceptors (Lipinski definition) is 2. The van der Waals surface area contributed by atoms with Crippen LogP contribution in [0.4, 0.5) is 0 Å². The molecular weight excluding hydrogens is 274 g/mol. The van der Waals surface area contributed by atoms with Crippen LogP contribution < -0.4 is 10.6 Å². The molecular formula is C18H29N3O. The number of nitrogens with one attached hydrogen (secondary N) is 2. The van der Waals surface area contributed by atoms with Crippen molar-refractivity contribution in [3.8, 4) is 0 Å². The number of hydrogen-bond donors (Lipinski definition) is 2. The summed E-state index contributed by atoms with van der Waals surface area (Å²) in [4.78, 5) is 4.62. The highest BCUT2D eigenvalue weighted by molar-refractivity contribution is 5.79. The summed E-state index contributed by atoms with van der Waals surface area (Å²) in [5, 5.41) is 6.70. The van der Waals surface area contributed by atoms with E-state index in [1.54, 1.807) is 0 Å². The highest BCUT2D eigenvalue weighted by Crippen LogP contribution is 2.11. The van der Waals surface area contributed by atoms with Crippen LogP contribution in [-0.2, 0) is 17.6 Å². The van der Waals surface area contributed by atoms with Crippen LogP contribution in [0.2, 0.25) is 0 Å². The maximum Gasteiger partial charge on any atom is 0.191 e. The van der Waals surface area contributed by atoms with Gasteiger partial charge in [0, 0.05) is 19.7 Å². The van der Waals surface area contributed by atoms with Crippen molar-refractivity contribution >= 4 is 5.96 Å². The van der Waals surface area contributed by atoms with Gasteiger partial charge in [-0.25, -0.2) is 0 Å². The van der Waals surface area contributed by atoms with Gasteiger partial charge in [0.15, 0.2) is 5.96 Å². The second-order valence-electron chi connectivity index (χ2n) is 5.70. The van der Waals surface area contributed by atoms with Crippen LogP contribution in [-0.4, -0.2) is 38.3 Å². The summed E-state index contributed by atoms with van der Waals surface area (Å²) in [5.74, 6) is 0.892. The quantitative estimate of drug-likeness (QED) is 0.601. The molecule has 122 valence electrons. The number of guanidine groups is 1. The molecule has 1 aromatic rings. The van der Waals surface area contributed by atoms with Gasteiger partial charge >= 0.3 is 0 Å². The molecule has 0 bridgehead atoms. The Hall–Kier alpha value is -1.55. The van der Waals surface area contributed by atoms with Gasteiger partial charge in [-0.15, -0.1) is 0 Å². The molecule has 2 N–H and O–H groups in total. The minimum atomic E-state index is 0.303. The van der Waals surface area contributed by atoms with Crippen molar-refractivity contribution in [3.05, 3.63) is 35.4 Å². The number of aryl methyl sites for hydroxylation is 1. The molecule has 22 heavy (non-hydrogen) atoms. The van der Waals surface area contributed by atoms with Crippen molar-refractivity contribution < 1.29 is 4.74 Å². The van der Waals surface area contributed by atoms with Gasteiger partial charge in [-0.2, -0.15) is 0 Å². The monoisotopic (exact) mass is 303 g/mol. The van der Waals surface area contributed by atoms with Crippen molar-refractivity contribution in [3.63, 3.8) is 0 Å². The van der Waals surface area contributed by atoms with E-state index in [2.05, 4.69) is 53.7 Å². The fourth-order valence-electron chi connectivity index (χ4n) is 2.59. The van der Waals surface area contributed by atoms with Crippen LogP contribution >= 0.6 is 0 Å². The lowest BCUT2D eigenvalue weighted by Gasteiger charge is -2.13.